The number of aryl methyl sites for hydroxylation is 1. The van der Waals surface area contributed by atoms with Crippen LogP contribution in [-0.4, -0.2) is 45.1 Å². The van der Waals surface area contributed by atoms with Crippen LogP contribution in [0.5, 0.6) is 0 Å². The van der Waals surface area contributed by atoms with E-state index >= 15 is 0 Å². The number of carbonyl (C=O) groups excluding carboxylic acids is 1. The van der Waals surface area contributed by atoms with E-state index in [0.717, 1.165) is 58.4 Å². The molecule has 0 bridgehead atoms. The van der Waals surface area contributed by atoms with Crippen molar-refractivity contribution in [3.63, 3.8) is 0 Å². The summed E-state index contributed by atoms with van der Waals surface area (Å²) in [7, 11) is 1.97. The second-order valence-electron chi connectivity index (χ2n) is 8.48. The van der Waals surface area contributed by atoms with E-state index in [4.69, 9.17) is 0 Å². The molecule has 1 amide bonds. The van der Waals surface area contributed by atoms with Gasteiger partial charge in [0.2, 0.25) is 5.91 Å². The molecule has 0 aliphatic carbocycles. The third-order valence-electron chi connectivity index (χ3n) is 6.40. The molecular formula is C23H32N4O. The third kappa shape index (κ3) is 4.64. The highest BCUT2D eigenvalue weighted by Gasteiger charge is 2.35. The van der Waals surface area contributed by atoms with Gasteiger partial charge in [-0.3, -0.25) is 14.4 Å². The van der Waals surface area contributed by atoms with E-state index in [0.29, 0.717) is 11.8 Å². The molecule has 2 fully saturated rings. The highest BCUT2D eigenvalue weighted by Crippen LogP contribution is 2.33. The predicted molar refractivity (Wildman–Crippen MR) is 110 cm³/mol. The highest BCUT2D eigenvalue weighted by molar-refractivity contribution is 5.79. The minimum atomic E-state index is 0.215. The first-order valence-corrected chi connectivity index (χ1v) is 10.7. The maximum Gasteiger partial charge on any atom is 0.226 e. The summed E-state index contributed by atoms with van der Waals surface area (Å²) < 4.78 is 1.87. The fourth-order valence-electron chi connectivity index (χ4n) is 4.86. The van der Waals surface area contributed by atoms with E-state index in [9.17, 15) is 4.79 Å². The van der Waals surface area contributed by atoms with Gasteiger partial charge in [-0.25, -0.2) is 0 Å². The summed E-state index contributed by atoms with van der Waals surface area (Å²) in [6.07, 6.45) is 9.71. The minimum Gasteiger partial charge on any atom is -0.338 e. The normalized spacial score (nSPS) is 22.4. The summed E-state index contributed by atoms with van der Waals surface area (Å²) in [5.74, 6) is 1.15. The quantitative estimate of drug-likeness (QED) is 0.798. The largest absolute Gasteiger partial charge is 0.338 e. The average molecular weight is 381 g/mol. The maximum atomic E-state index is 13.3. The average Bonchev–Trinajstić information content (AvgIpc) is 3.04. The lowest BCUT2D eigenvalue weighted by Gasteiger charge is -2.36. The molecule has 28 heavy (non-hydrogen) atoms. The number of hydrogen-bond acceptors (Lipinski definition) is 3. The Morgan fingerprint density at radius 2 is 1.75 bits per heavy atom. The Labute approximate surface area is 168 Å². The van der Waals surface area contributed by atoms with Gasteiger partial charge < -0.3 is 4.90 Å². The van der Waals surface area contributed by atoms with Crippen LogP contribution in [0.4, 0.5) is 0 Å². The van der Waals surface area contributed by atoms with Crippen molar-refractivity contribution in [1.29, 1.82) is 0 Å². The van der Waals surface area contributed by atoms with Crippen molar-refractivity contribution in [3.05, 3.63) is 53.9 Å². The fraction of sp³-hybridized carbons (Fsp3) is 0.565. The van der Waals surface area contributed by atoms with Gasteiger partial charge in [-0.05, 0) is 50.3 Å². The topological polar surface area (TPSA) is 41.4 Å². The number of benzene rings is 1. The molecule has 0 N–H and O–H groups in total. The number of nitrogens with zero attached hydrogens (tertiary/aromatic N) is 4. The van der Waals surface area contributed by atoms with Crippen LogP contribution in [0, 0.1) is 11.8 Å². The maximum absolute atomic E-state index is 13.3. The van der Waals surface area contributed by atoms with Gasteiger partial charge in [0.25, 0.3) is 0 Å². The van der Waals surface area contributed by atoms with E-state index < -0.39 is 0 Å². The summed E-state index contributed by atoms with van der Waals surface area (Å²) in [6.45, 7) is 4.81. The summed E-state index contributed by atoms with van der Waals surface area (Å²) in [5.41, 5.74) is 2.52. The first kappa shape index (κ1) is 19.2. The number of amides is 1. The van der Waals surface area contributed by atoms with E-state index in [2.05, 4.69) is 45.4 Å². The summed E-state index contributed by atoms with van der Waals surface area (Å²) >= 11 is 0. The van der Waals surface area contributed by atoms with Gasteiger partial charge in [0.05, 0.1) is 6.20 Å². The zero-order valence-electron chi connectivity index (χ0n) is 17.0. The molecule has 2 aliphatic rings. The van der Waals surface area contributed by atoms with Gasteiger partial charge >= 0.3 is 0 Å². The summed E-state index contributed by atoms with van der Waals surface area (Å²) in [5, 5.41) is 4.27. The second-order valence-corrected chi connectivity index (χ2v) is 8.48. The molecule has 5 nitrogen and oxygen atoms in total. The molecule has 1 unspecified atom stereocenters. The summed E-state index contributed by atoms with van der Waals surface area (Å²) in [6, 6.07) is 10.4. The van der Waals surface area contributed by atoms with E-state index in [1.54, 1.807) is 0 Å². The lowest BCUT2D eigenvalue weighted by atomic mass is 9.81. The number of rotatable bonds is 5. The molecule has 1 aromatic heterocycles. The molecule has 2 aromatic rings. The van der Waals surface area contributed by atoms with Crippen LogP contribution in [0.25, 0.3) is 0 Å². The Hall–Kier alpha value is -2.14. The lowest BCUT2D eigenvalue weighted by molar-refractivity contribution is -0.138. The summed E-state index contributed by atoms with van der Waals surface area (Å²) in [4.78, 5) is 18.0. The SMILES string of the molecule is Cn1cc(CN2CCC(C3CCCCN(Cc4ccccc4)C3=O)CC2)cn1. The Balaban J connectivity index is 1.34. The zero-order valence-corrected chi connectivity index (χ0v) is 17.0. The molecule has 1 atom stereocenters. The second kappa shape index (κ2) is 8.91. The zero-order chi connectivity index (χ0) is 19.3. The Kier molecular flexibility index (Phi) is 6.10. The Bertz CT molecular complexity index is 764. The number of piperidine rings is 1. The van der Waals surface area contributed by atoms with Crippen LogP contribution in [-0.2, 0) is 24.9 Å². The van der Waals surface area contributed by atoms with Crippen LogP contribution in [0.2, 0.25) is 0 Å². The van der Waals surface area contributed by atoms with Crippen LogP contribution < -0.4 is 0 Å². The lowest BCUT2D eigenvalue weighted by Crippen LogP contribution is -2.42. The van der Waals surface area contributed by atoms with Crippen molar-refractivity contribution in [2.24, 2.45) is 18.9 Å². The molecule has 3 heterocycles. The molecule has 2 saturated heterocycles. The van der Waals surface area contributed by atoms with Crippen LogP contribution >= 0.6 is 0 Å². The standard InChI is InChI=1S/C23H32N4O/c1-25-16-20(15-24-25)17-26-13-10-21(11-14-26)22-9-5-6-12-27(23(22)28)18-19-7-3-2-4-8-19/h2-4,7-8,15-16,21-22H,5-6,9-14,17-18H2,1H3. The smallest absolute Gasteiger partial charge is 0.226 e. The highest BCUT2D eigenvalue weighted by atomic mass is 16.2. The van der Waals surface area contributed by atoms with Gasteiger partial charge in [0, 0.05) is 44.4 Å². The monoisotopic (exact) mass is 380 g/mol. The fourth-order valence-corrected chi connectivity index (χ4v) is 4.86. The molecule has 0 radical (unpaired) electrons. The molecule has 2 aliphatic heterocycles. The van der Waals surface area contributed by atoms with Crippen LogP contribution in [0.15, 0.2) is 42.7 Å². The Morgan fingerprint density at radius 3 is 2.46 bits per heavy atom. The molecule has 1 aromatic carbocycles. The van der Waals surface area contributed by atoms with E-state index in [-0.39, 0.29) is 5.92 Å². The van der Waals surface area contributed by atoms with Gasteiger partial charge in [0.1, 0.15) is 0 Å². The molecular weight excluding hydrogens is 348 g/mol. The van der Waals surface area contributed by atoms with Crippen LogP contribution in [0.1, 0.15) is 43.2 Å². The van der Waals surface area contributed by atoms with Gasteiger partial charge in [-0.2, -0.15) is 5.10 Å². The van der Waals surface area contributed by atoms with Gasteiger partial charge in [-0.15, -0.1) is 0 Å². The van der Waals surface area contributed by atoms with Crippen molar-refractivity contribution in [1.82, 2.24) is 19.6 Å². The molecule has 0 saturated carbocycles. The van der Waals surface area contributed by atoms with Crippen molar-refractivity contribution in [3.8, 4) is 0 Å². The first-order chi connectivity index (χ1) is 13.7. The van der Waals surface area contributed by atoms with Crippen molar-refractivity contribution in [2.45, 2.75) is 45.2 Å². The number of carbonyl (C=O) groups is 1. The number of aromatic nitrogens is 2. The van der Waals surface area contributed by atoms with Gasteiger partial charge in [-0.1, -0.05) is 36.8 Å². The minimum absolute atomic E-state index is 0.215. The molecule has 0 spiro atoms. The first-order valence-electron chi connectivity index (χ1n) is 10.7. The molecule has 150 valence electrons. The molecule has 4 rings (SSSR count). The van der Waals surface area contributed by atoms with Crippen molar-refractivity contribution >= 4 is 5.91 Å². The van der Waals surface area contributed by atoms with Crippen LogP contribution in [0.3, 0.4) is 0 Å². The number of likely N-dealkylation sites (tertiary alicyclic amines) is 2. The van der Waals surface area contributed by atoms with Gasteiger partial charge in [0.15, 0.2) is 0 Å². The van der Waals surface area contributed by atoms with E-state index in [1.165, 1.54) is 17.5 Å². The predicted octanol–water partition coefficient (Wildman–Crippen LogP) is 3.46. The Morgan fingerprint density at radius 1 is 0.964 bits per heavy atom. The van der Waals surface area contributed by atoms with Crippen molar-refractivity contribution in [2.75, 3.05) is 19.6 Å². The van der Waals surface area contributed by atoms with E-state index in [1.807, 2.05) is 24.0 Å². The third-order valence-corrected chi connectivity index (χ3v) is 6.40. The number of hydrogen-bond donors (Lipinski definition) is 0. The van der Waals surface area contributed by atoms with Crippen molar-refractivity contribution < 1.29 is 4.79 Å². The molecule has 5 heteroatoms.